The zero-order valence-corrected chi connectivity index (χ0v) is 23.0. The number of aryl methyl sites for hydroxylation is 1. The van der Waals surface area contributed by atoms with Crippen LogP contribution in [0.4, 0.5) is 4.39 Å². The Hall–Kier alpha value is -4.14. The lowest BCUT2D eigenvalue weighted by Crippen LogP contribution is -2.49. The number of methoxy groups -OCH3 is 1. The number of nitrogens with zero attached hydrogens (tertiary/aromatic N) is 3. The van der Waals surface area contributed by atoms with E-state index in [0.29, 0.717) is 22.6 Å². The number of rotatable bonds is 8. The van der Waals surface area contributed by atoms with Gasteiger partial charge in [0.25, 0.3) is 11.8 Å². The predicted molar refractivity (Wildman–Crippen MR) is 148 cm³/mol. The van der Waals surface area contributed by atoms with E-state index in [0.717, 1.165) is 36.3 Å². The quantitative estimate of drug-likeness (QED) is 0.319. The molecule has 39 heavy (non-hydrogen) atoms. The van der Waals surface area contributed by atoms with E-state index in [9.17, 15) is 14.0 Å². The lowest BCUT2D eigenvalue weighted by Gasteiger charge is -2.39. The van der Waals surface area contributed by atoms with Gasteiger partial charge < -0.3 is 18.9 Å². The van der Waals surface area contributed by atoms with Gasteiger partial charge in [-0.05, 0) is 101 Å². The second-order valence-corrected chi connectivity index (χ2v) is 9.92. The van der Waals surface area contributed by atoms with Crippen LogP contribution in [-0.2, 0) is 4.79 Å². The molecule has 8 nitrogen and oxygen atoms in total. The number of hydrogen-bond acceptors (Lipinski definition) is 5. The van der Waals surface area contributed by atoms with Gasteiger partial charge in [0, 0.05) is 29.2 Å². The van der Waals surface area contributed by atoms with Crippen molar-refractivity contribution in [3.8, 4) is 17.2 Å². The van der Waals surface area contributed by atoms with E-state index in [2.05, 4.69) is 24.4 Å². The summed E-state index contributed by atoms with van der Waals surface area (Å²) in [6.07, 6.45) is 4.64. The summed E-state index contributed by atoms with van der Waals surface area (Å²) in [6.45, 7) is 7.80. The van der Waals surface area contributed by atoms with Crippen molar-refractivity contribution in [3.05, 3.63) is 76.9 Å². The number of halogens is 1. The molecule has 2 aromatic carbocycles. The molecule has 0 aliphatic carbocycles. The third-order valence-corrected chi connectivity index (χ3v) is 7.16. The molecule has 4 rings (SSSR count). The number of likely N-dealkylation sites (tertiary alicyclic amines) is 1. The standard InChI is InChI=1S/C30H35FN4O4/c1-19-7-6-8-20(2)34(19)29(36)18-39-27-14-9-23(16-28(27)38-5)17-32-33-30(37)26-15-21(3)35(22(26)4)25-12-10-24(31)11-13-25/h9-17,19-20H,6-8,18H2,1-5H3,(H,33,37). The molecule has 0 spiro atoms. The number of nitrogens with one attached hydrogen (secondary N) is 1. The first-order valence-corrected chi connectivity index (χ1v) is 13.1. The van der Waals surface area contributed by atoms with Crippen molar-refractivity contribution in [2.45, 2.75) is 59.0 Å². The van der Waals surface area contributed by atoms with Crippen molar-refractivity contribution in [1.82, 2.24) is 14.9 Å². The van der Waals surface area contributed by atoms with Crippen molar-refractivity contribution in [3.63, 3.8) is 0 Å². The van der Waals surface area contributed by atoms with Crippen LogP contribution in [0.3, 0.4) is 0 Å². The van der Waals surface area contributed by atoms with Crippen LogP contribution >= 0.6 is 0 Å². The van der Waals surface area contributed by atoms with E-state index in [-0.39, 0.29) is 36.3 Å². The van der Waals surface area contributed by atoms with Gasteiger partial charge >= 0.3 is 0 Å². The minimum atomic E-state index is -0.362. The van der Waals surface area contributed by atoms with E-state index in [4.69, 9.17) is 9.47 Å². The maximum Gasteiger partial charge on any atom is 0.273 e. The number of aromatic nitrogens is 1. The topological polar surface area (TPSA) is 85.2 Å². The van der Waals surface area contributed by atoms with E-state index in [1.54, 1.807) is 36.4 Å². The number of hydrazone groups is 1. The molecular weight excluding hydrogens is 499 g/mol. The Balaban J connectivity index is 1.39. The van der Waals surface area contributed by atoms with E-state index in [1.807, 2.05) is 23.3 Å². The van der Waals surface area contributed by atoms with E-state index >= 15 is 0 Å². The molecule has 1 fully saturated rings. The highest BCUT2D eigenvalue weighted by atomic mass is 19.1. The fraction of sp³-hybridized carbons (Fsp3) is 0.367. The van der Waals surface area contributed by atoms with Gasteiger partial charge in [-0.1, -0.05) is 0 Å². The van der Waals surface area contributed by atoms with Crippen LogP contribution in [0.2, 0.25) is 0 Å². The predicted octanol–water partition coefficient (Wildman–Crippen LogP) is 5.17. The molecule has 9 heteroatoms. The normalized spacial score (nSPS) is 17.3. The van der Waals surface area contributed by atoms with Gasteiger partial charge in [-0.3, -0.25) is 9.59 Å². The molecule has 0 bridgehead atoms. The number of amides is 2. The van der Waals surface area contributed by atoms with Crippen molar-refractivity contribution in [1.29, 1.82) is 0 Å². The lowest BCUT2D eigenvalue weighted by molar-refractivity contribution is -0.139. The first-order chi connectivity index (χ1) is 18.7. The van der Waals surface area contributed by atoms with Gasteiger partial charge in [0.2, 0.25) is 0 Å². The van der Waals surface area contributed by atoms with Crippen molar-refractivity contribution in [2.24, 2.45) is 5.10 Å². The summed E-state index contributed by atoms with van der Waals surface area (Å²) < 4.78 is 26.5. The van der Waals surface area contributed by atoms with Crippen molar-refractivity contribution < 1.29 is 23.5 Å². The highest BCUT2D eigenvalue weighted by Gasteiger charge is 2.29. The molecule has 2 unspecified atom stereocenters. The van der Waals surface area contributed by atoms with Gasteiger partial charge in [-0.15, -0.1) is 0 Å². The summed E-state index contributed by atoms with van der Waals surface area (Å²) in [5, 5.41) is 4.10. The molecule has 206 valence electrons. The third-order valence-electron chi connectivity index (χ3n) is 7.16. The van der Waals surface area contributed by atoms with Crippen LogP contribution in [0.5, 0.6) is 11.5 Å². The van der Waals surface area contributed by atoms with Crippen molar-refractivity contribution in [2.75, 3.05) is 13.7 Å². The second-order valence-electron chi connectivity index (χ2n) is 9.92. The monoisotopic (exact) mass is 534 g/mol. The zero-order valence-electron chi connectivity index (χ0n) is 23.0. The minimum Gasteiger partial charge on any atom is -0.493 e. The Kier molecular flexibility index (Phi) is 8.69. The third kappa shape index (κ3) is 6.30. The smallest absolute Gasteiger partial charge is 0.273 e. The number of benzene rings is 2. The summed E-state index contributed by atoms with van der Waals surface area (Å²) in [4.78, 5) is 27.5. The van der Waals surface area contributed by atoms with Gasteiger partial charge in [0.1, 0.15) is 5.82 Å². The average molecular weight is 535 g/mol. The van der Waals surface area contributed by atoms with Gasteiger partial charge in [-0.2, -0.15) is 5.10 Å². The molecule has 1 N–H and O–H groups in total. The molecule has 1 saturated heterocycles. The van der Waals surface area contributed by atoms with E-state index < -0.39 is 0 Å². The Labute approximate surface area is 228 Å². The Morgan fingerprint density at radius 2 is 1.74 bits per heavy atom. The first kappa shape index (κ1) is 27.9. The molecule has 2 heterocycles. The Morgan fingerprint density at radius 1 is 1.05 bits per heavy atom. The molecule has 3 aromatic rings. The molecule has 2 amide bonds. The highest BCUT2D eigenvalue weighted by Crippen LogP contribution is 2.29. The van der Waals surface area contributed by atoms with Crippen LogP contribution in [0.25, 0.3) is 5.69 Å². The lowest BCUT2D eigenvalue weighted by atomic mass is 9.97. The SMILES string of the molecule is COc1cc(C=NNC(=O)c2cc(C)n(-c3ccc(F)cc3)c2C)ccc1OCC(=O)N1C(C)CCCC1C. The van der Waals surface area contributed by atoms with Gasteiger partial charge in [-0.25, -0.2) is 9.82 Å². The summed E-state index contributed by atoms with van der Waals surface area (Å²) in [5.41, 5.74) is 6.04. The summed E-state index contributed by atoms with van der Waals surface area (Å²) in [7, 11) is 1.53. The molecule has 1 aromatic heterocycles. The zero-order chi connectivity index (χ0) is 28.1. The average Bonchev–Trinajstić information content (AvgIpc) is 3.21. The molecule has 1 aliphatic rings. The number of carbonyl (C=O) groups excluding carboxylic acids is 2. The molecule has 1 aliphatic heterocycles. The number of hydrogen-bond donors (Lipinski definition) is 1. The minimum absolute atomic E-state index is 0.0381. The summed E-state index contributed by atoms with van der Waals surface area (Å²) in [5.74, 6) is 0.196. The highest BCUT2D eigenvalue weighted by molar-refractivity contribution is 5.96. The maximum absolute atomic E-state index is 13.3. The van der Waals surface area contributed by atoms with Crippen LogP contribution in [0.15, 0.2) is 53.6 Å². The first-order valence-electron chi connectivity index (χ1n) is 13.1. The van der Waals surface area contributed by atoms with Crippen LogP contribution in [0.1, 0.15) is 60.4 Å². The Bertz CT molecular complexity index is 1360. The number of ether oxygens (including phenoxy) is 2. The molecule has 0 radical (unpaired) electrons. The van der Waals surface area contributed by atoms with Crippen LogP contribution in [-0.4, -0.2) is 53.3 Å². The summed E-state index contributed by atoms with van der Waals surface area (Å²) >= 11 is 0. The van der Waals surface area contributed by atoms with Gasteiger partial charge in [0.05, 0.1) is 18.9 Å². The number of carbonyl (C=O) groups is 2. The summed E-state index contributed by atoms with van der Waals surface area (Å²) in [6, 6.07) is 13.5. The molecule has 2 atom stereocenters. The fourth-order valence-electron chi connectivity index (χ4n) is 5.22. The largest absolute Gasteiger partial charge is 0.493 e. The Morgan fingerprint density at radius 3 is 2.41 bits per heavy atom. The van der Waals surface area contributed by atoms with Crippen LogP contribution < -0.4 is 14.9 Å². The van der Waals surface area contributed by atoms with Crippen molar-refractivity contribution >= 4 is 18.0 Å². The molecular formula is C30H35FN4O4. The van der Waals surface area contributed by atoms with Gasteiger partial charge in [0.15, 0.2) is 18.1 Å². The maximum atomic E-state index is 13.3. The second kappa shape index (κ2) is 12.1. The van der Waals surface area contributed by atoms with Crippen LogP contribution in [0, 0.1) is 19.7 Å². The van der Waals surface area contributed by atoms with E-state index in [1.165, 1.54) is 25.5 Å². The molecule has 0 saturated carbocycles. The number of piperidine rings is 1. The fourth-order valence-corrected chi connectivity index (χ4v) is 5.22.